The fourth-order valence-electron chi connectivity index (χ4n) is 3.49. The summed E-state index contributed by atoms with van der Waals surface area (Å²) in [5, 5.41) is 12.5. The van der Waals surface area contributed by atoms with Crippen molar-refractivity contribution < 1.29 is 9.21 Å². The van der Waals surface area contributed by atoms with Gasteiger partial charge in [-0.25, -0.2) is 0 Å². The highest BCUT2D eigenvalue weighted by Crippen LogP contribution is 2.33. The van der Waals surface area contributed by atoms with Crippen LogP contribution in [-0.2, 0) is 11.3 Å². The van der Waals surface area contributed by atoms with Crippen LogP contribution in [0, 0.1) is 0 Å². The van der Waals surface area contributed by atoms with Crippen LogP contribution in [0.1, 0.15) is 5.76 Å². The summed E-state index contributed by atoms with van der Waals surface area (Å²) in [7, 11) is 0. The van der Waals surface area contributed by atoms with Crippen LogP contribution >= 0.6 is 23.5 Å². The lowest BCUT2D eigenvalue weighted by molar-refractivity contribution is -0.113. The molecular weight excluding hydrogens is 476 g/mol. The second-order valence-electron chi connectivity index (χ2n) is 7.59. The van der Waals surface area contributed by atoms with Gasteiger partial charge in [0.1, 0.15) is 5.76 Å². The molecule has 5 aromatic rings. The minimum absolute atomic E-state index is 0.107. The van der Waals surface area contributed by atoms with Gasteiger partial charge in [0, 0.05) is 15.4 Å². The monoisotopic (exact) mass is 498 g/mol. The van der Waals surface area contributed by atoms with Gasteiger partial charge in [-0.05, 0) is 36.4 Å². The first-order valence-corrected chi connectivity index (χ1v) is 12.8. The number of aromatic nitrogens is 3. The van der Waals surface area contributed by atoms with E-state index in [2.05, 4.69) is 27.6 Å². The highest BCUT2D eigenvalue weighted by atomic mass is 32.2. The molecule has 1 N–H and O–H groups in total. The highest BCUT2D eigenvalue weighted by molar-refractivity contribution is 8.00. The van der Waals surface area contributed by atoms with Crippen LogP contribution in [0.3, 0.4) is 0 Å². The minimum atomic E-state index is -0.107. The molecule has 3 aromatic carbocycles. The van der Waals surface area contributed by atoms with Crippen molar-refractivity contribution in [2.45, 2.75) is 21.5 Å². The third-order valence-electron chi connectivity index (χ3n) is 5.11. The maximum absolute atomic E-state index is 12.9. The number of furan rings is 1. The highest BCUT2D eigenvalue weighted by Gasteiger charge is 2.17. The number of thioether (sulfide) groups is 1. The Bertz CT molecular complexity index is 1390. The summed E-state index contributed by atoms with van der Waals surface area (Å²) in [5.74, 6) is 1.62. The summed E-state index contributed by atoms with van der Waals surface area (Å²) in [4.78, 5) is 15.0. The molecular formula is C27H22N4O2S2. The summed E-state index contributed by atoms with van der Waals surface area (Å²) < 4.78 is 7.53. The third-order valence-corrected chi connectivity index (χ3v) is 7.16. The molecule has 0 aliphatic heterocycles. The predicted octanol–water partition coefficient (Wildman–Crippen LogP) is 6.47. The average molecular weight is 499 g/mol. The second kappa shape index (κ2) is 11.1. The van der Waals surface area contributed by atoms with Gasteiger partial charge in [0.2, 0.25) is 5.91 Å². The Morgan fingerprint density at radius 1 is 0.857 bits per heavy atom. The van der Waals surface area contributed by atoms with Crippen LogP contribution in [0.4, 0.5) is 5.69 Å². The smallest absolute Gasteiger partial charge is 0.234 e. The maximum atomic E-state index is 12.9. The Kier molecular flexibility index (Phi) is 7.31. The number of carbonyl (C=O) groups is 1. The molecule has 174 valence electrons. The largest absolute Gasteiger partial charge is 0.467 e. The second-order valence-corrected chi connectivity index (χ2v) is 9.64. The summed E-state index contributed by atoms with van der Waals surface area (Å²) in [6.45, 7) is 0.477. The van der Waals surface area contributed by atoms with Crippen LogP contribution in [0.5, 0.6) is 0 Å². The zero-order valence-corrected chi connectivity index (χ0v) is 20.3. The van der Waals surface area contributed by atoms with Gasteiger partial charge in [0.25, 0.3) is 0 Å². The van der Waals surface area contributed by atoms with Gasteiger partial charge in [0.05, 0.1) is 24.2 Å². The molecule has 1 amide bonds. The number of hydrogen-bond donors (Lipinski definition) is 1. The predicted molar refractivity (Wildman–Crippen MR) is 140 cm³/mol. The van der Waals surface area contributed by atoms with Crippen LogP contribution in [-0.4, -0.2) is 26.4 Å². The average Bonchev–Trinajstić information content (AvgIpc) is 3.56. The van der Waals surface area contributed by atoms with E-state index < -0.39 is 0 Å². The van der Waals surface area contributed by atoms with E-state index in [0.29, 0.717) is 11.7 Å². The first-order valence-electron chi connectivity index (χ1n) is 11.0. The summed E-state index contributed by atoms with van der Waals surface area (Å²) >= 11 is 2.97. The lowest BCUT2D eigenvalue weighted by atomic mass is 10.2. The van der Waals surface area contributed by atoms with Gasteiger partial charge in [-0.15, -0.1) is 10.2 Å². The SMILES string of the molecule is O=C(CSc1nnc(-c2ccccc2)n1Cc1ccco1)Nc1ccccc1Sc1ccccc1. The third kappa shape index (κ3) is 5.85. The number of nitrogens with zero attached hydrogens (tertiary/aromatic N) is 3. The fourth-order valence-corrected chi connectivity index (χ4v) is 5.15. The maximum Gasteiger partial charge on any atom is 0.234 e. The van der Waals surface area contributed by atoms with E-state index in [1.165, 1.54) is 11.8 Å². The Labute approximate surface area is 211 Å². The number of carbonyl (C=O) groups excluding carboxylic acids is 1. The van der Waals surface area contributed by atoms with Crippen molar-refractivity contribution in [2.24, 2.45) is 0 Å². The lowest BCUT2D eigenvalue weighted by Crippen LogP contribution is -2.15. The summed E-state index contributed by atoms with van der Waals surface area (Å²) in [5.41, 5.74) is 1.74. The Morgan fingerprint density at radius 2 is 1.60 bits per heavy atom. The van der Waals surface area contributed by atoms with Crippen molar-refractivity contribution in [3.63, 3.8) is 0 Å². The molecule has 0 radical (unpaired) electrons. The molecule has 35 heavy (non-hydrogen) atoms. The van der Waals surface area contributed by atoms with Crippen molar-refractivity contribution in [3.8, 4) is 11.4 Å². The number of para-hydroxylation sites is 1. The molecule has 0 unspecified atom stereocenters. The molecule has 0 bridgehead atoms. The van der Waals surface area contributed by atoms with Crippen molar-refractivity contribution in [2.75, 3.05) is 11.1 Å². The molecule has 0 aliphatic rings. The van der Waals surface area contributed by atoms with E-state index in [0.717, 1.165) is 32.6 Å². The van der Waals surface area contributed by atoms with Gasteiger partial charge in [-0.3, -0.25) is 9.36 Å². The lowest BCUT2D eigenvalue weighted by Gasteiger charge is -2.11. The number of nitrogens with one attached hydrogen (secondary N) is 1. The number of benzene rings is 3. The summed E-state index contributed by atoms with van der Waals surface area (Å²) in [6.07, 6.45) is 1.65. The van der Waals surface area contributed by atoms with Gasteiger partial charge >= 0.3 is 0 Å². The molecule has 0 atom stereocenters. The van der Waals surface area contributed by atoms with Crippen molar-refractivity contribution in [1.82, 2.24) is 14.8 Å². The topological polar surface area (TPSA) is 73.0 Å². The van der Waals surface area contributed by atoms with E-state index in [9.17, 15) is 4.79 Å². The van der Waals surface area contributed by atoms with Crippen LogP contribution in [0.2, 0.25) is 0 Å². The quantitative estimate of drug-likeness (QED) is 0.235. The molecule has 0 fully saturated rings. The molecule has 2 aromatic heterocycles. The number of hydrogen-bond acceptors (Lipinski definition) is 6. The Morgan fingerprint density at radius 3 is 2.37 bits per heavy atom. The number of rotatable bonds is 9. The van der Waals surface area contributed by atoms with Crippen molar-refractivity contribution >= 4 is 35.1 Å². The van der Waals surface area contributed by atoms with Gasteiger partial charge in [-0.2, -0.15) is 0 Å². The van der Waals surface area contributed by atoms with E-state index in [1.807, 2.05) is 89.5 Å². The minimum Gasteiger partial charge on any atom is -0.467 e. The molecule has 2 heterocycles. The van der Waals surface area contributed by atoms with E-state index >= 15 is 0 Å². The normalized spacial score (nSPS) is 10.9. The van der Waals surface area contributed by atoms with Crippen molar-refractivity contribution in [3.05, 3.63) is 109 Å². The first-order chi connectivity index (χ1) is 17.3. The standard InChI is InChI=1S/C27H22N4O2S2/c32-25(28-23-15-7-8-16-24(23)35-22-13-5-2-6-14-22)19-34-27-30-29-26(20-10-3-1-4-11-20)31(27)18-21-12-9-17-33-21/h1-17H,18-19H2,(H,28,32). The fraction of sp³-hybridized carbons (Fsp3) is 0.0741. The molecule has 5 rings (SSSR count). The van der Waals surface area contributed by atoms with Crippen LogP contribution in [0.15, 0.2) is 123 Å². The zero-order valence-electron chi connectivity index (χ0n) is 18.7. The first kappa shape index (κ1) is 23.0. The van der Waals surface area contributed by atoms with E-state index in [1.54, 1.807) is 18.0 Å². The van der Waals surface area contributed by atoms with Crippen molar-refractivity contribution in [1.29, 1.82) is 0 Å². The van der Waals surface area contributed by atoms with E-state index in [4.69, 9.17) is 4.42 Å². The molecule has 8 heteroatoms. The summed E-state index contributed by atoms with van der Waals surface area (Å²) in [6, 6.07) is 31.6. The molecule has 0 aliphatic carbocycles. The molecule has 0 saturated heterocycles. The van der Waals surface area contributed by atoms with Crippen LogP contribution in [0.25, 0.3) is 11.4 Å². The van der Waals surface area contributed by atoms with Gasteiger partial charge < -0.3 is 9.73 Å². The van der Waals surface area contributed by atoms with Crippen LogP contribution < -0.4 is 5.32 Å². The van der Waals surface area contributed by atoms with E-state index in [-0.39, 0.29) is 11.7 Å². The van der Waals surface area contributed by atoms with Gasteiger partial charge in [-0.1, -0.05) is 84.2 Å². The molecule has 0 spiro atoms. The Hall–Kier alpha value is -3.75. The number of amides is 1. The molecule has 6 nitrogen and oxygen atoms in total. The zero-order chi connectivity index (χ0) is 23.9. The van der Waals surface area contributed by atoms with Gasteiger partial charge in [0.15, 0.2) is 11.0 Å². The Balaban J connectivity index is 1.30. The molecule has 0 saturated carbocycles. The number of anilines is 1.